The third kappa shape index (κ3) is 3.46. The first kappa shape index (κ1) is 18.8. The van der Waals surface area contributed by atoms with Crippen molar-refractivity contribution in [3.8, 4) is 11.3 Å². The molecule has 9 heteroatoms. The average Bonchev–Trinajstić information content (AvgIpc) is 3.25. The van der Waals surface area contributed by atoms with Crippen LogP contribution >= 0.6 is 20.7 Å². The number of carboxylic acid groups (broad SMARTS) is 1. The molecule has 1 aliphatic heterocycles. The molecular formula is C19H17IN2O6. The molecule has 0 atom stereocenters. The van der Waals surface area contributed by atoms with Crippen LogP contribution < -0.4 is 0 Å². The summed E-state index contributed by atoms with van der Waals surface area (Å²) < 4.78 is 13.2. The van der Waals surface area contributed by atoms with Crippen LogP contribution in [-0.2, 0) is 26.1 Å². The molecule has 1 aromatic carbocycles. The van der Waals surface area contributed by atoms with E-state index in [0.29, 0.717) is 24.1 Å². The maximum absolute atomic E-state index is 12.4. The van der Waals surface area contributed by atoms with Crippen molar-refractivity contribution < 1.29 is 29.0 Å². The van der Waals surface area contributed by atoms with Gasteiger partial charge in [-0.05, 0) is 25.0 Å². The summed E-state index contributed by atoms with van der Waals surface area (Å²) >= 11 is -1.15. The largest absolute Gasteiger partial charge is 0.478 e. The van der Waals surface area contributed by atoms with Gasteiger partial charge in [-0.15, -0.1) is 0 Å². The van der Waals surface area contributed by atoms with Crippen molar-refractivity contribution in [3.05, 3.63) is 39.6 Å². The van der Waals surface area contributed by atoms with E-state index in [-0.39, 0.29) is 9.07 Å². The van der Waals surface area contributed by atoms with Gasteiger partial charge in [-0.25, -0.2) is 14.4 Å². The second-order valence-corrected chi connectivity index (χ2v) is 9.55. The summed E-state index contributed by atoms with van der Waals surface area (Å²) in [6.07, 6.45) is 4.25. The highest BCUT2D eigenvalue weighted by molar-refractivity contribution is 14.2. The Labute approximate surface area is 170 Å². The lowest BCUT2D eigenvalue weighted by Gasteiger charge is -2.32. The van der Waals surface area contributed by atoms with E-state index in [2.05, 4.69) is 5.10 Å². The summed E-state index contributed by atoms with van der Waals surface area (Å²) in [5.41, 5.74) is 1.04. The van der Waals surface area contributed by atoms with Gasteiger partial charge in [-0.1, -0.05) is 32.9 Å². The van der Waals surface area contributed by atoms with E-state index >= 15 is 0 Å². The van der Waals surface area contributed by atoms with Crippen molar-refractivity contribution in [1.82, 2.24) is 9.78 Å². The number of hydrogen-bond donors (Lipinski definition) is 1. The van der Waals surface area contributed by atoms with Gasteiger partial charge in [-0.2, -0.15) is 5.10 Å². The van der Waals surface area contributed by atoms with Gasteiger partial charge in [0, 0.05) is 35.2 Å². The predicted octanol–water partition coefficient (Wildman–Crippen LogP) is 2.47. The highest BCUT2D eigenvalue weighted by atomic mass is 127. The first-order chi connectivity index (χ1) is 13.4. The van der Waals surface area contributed by atoms with Crippen LogP contribution in [0.3, 0.4) is 0 Å². The summed E-state index contributed by atoms with van der Waals surface area (Å²) in [5.74, 6) is -3.34. The smallest absolute Gasteiger partial charge is 0.354 e. The molecule has 146 valence electrons. The number of esters is 2. The van der Waals surface area contributed by atoms with E-state index in [1.807, 2.05) is 0 Å². The number of aromatic nitrogens is 2. The standard InChI is InChI=1S/C19H17IN2O6/c1-22-10-13(16(23)24)15(21-22)11-5-4-6-12(9-11)20-14-17(25)27-19(28-18(14)26)7-2-3-8-19/h4-6,9-10H,2-3,7-8H2,1H3,(H,23,24). The minimum Gasteiger partial charge on any atom is -0.478 e. The molecule has 0 bridgehead atoms. The molecule has 1 saturated carbocycles. The van der Waals surface area contributed by atoms with Crippen LogP contribution in [0, 0.1) is 3.57 Å². The van der Waals surface area contributed by atoms with Crippen LogP contribution in [0.2, 0.25) is 0 Å². The number of nitrogens with zero attached hydrogens (tertiary/aromatic N) is 2. The molecule has 0 radical (unpaired) electrons. The molecule has 1 N–H and O–H groups in total. The number of aromatic carboxylic acids is 1. The van der Waals surface area contributed by atoms with Gasteiger partial charge >= 0.3 is 17.9 Å². The minimum atomic E-state index is -1.15. The molecule has 1 aromatic heterocycles. The van der Waals surface area contributed by atoms with Crippen molar-refractivity contribution in [1.29, 1.82) is 0 Å². The number of benzene rings is 1. The summed E-state index contributed by atoms with van der Waals surface area (Å²) in [4.78, 5) is 36.3. The lowest BCUT2D eigenvalue weighted by Crippen LogP contribution is -2.48. The third-order valence-corrected chi connectivity index (χ3v) is 7.36. The van der Waals surface area contributed by atoms with Crippen molar-refractivity contribution in [2.75, 3.05) is 0 Å². The molecule has 1 saturated heterocycles. The molecule has 2 aliphatic rings. The first-order valence-corrected chi connectivity index (χ1v) is 10.9. The van der Waals surface area contributed by atoms with E-state index in [1.54, 1.807) is 31.3 Å². The maximum Gasteiger partial charge on any atom is 0.354 e. The zero-order valence-electron chi connectivity index (χ0n) is 15.0. The summed E-state index contributed by atoms with van der Waals surface area (Å²) in [5, 5.41) is 13.6. The average molecular weight is 496 g/mol. The van der Waals surface area contributed by atoms with E-state index < -0.39 is 44.4 Å². The molecule has 2 aromatic rings. The van der Waals surface area contributed by atoms with Crippen molar-refractivity contribution >= 4 is 42.1 Å². The Balaban J connectivity index is 1.66. The van der Waals surface area contributed by atoms with E-state index in [4.69, 9.17) is 9.47 Å². The molecule has 8 nitrogen and oxygen atoms in total. The summed E-state index contributed by atoms with van der Waals surface area (Å²) in [7, 11) is 1.65. The Hall–Kier alpha value is -2.56. The van der Waals surface area contributed by atoms with Crippen LogP contribution in [0.15, 0.2) is 30.5 Å². The molecule has 0 amide bonds. The highest BCUT2D eigenvalue weighted by Crippen LogP contribution is 2.38. The van der Waals surface area contributed by atoms with Crippen LogP contribution in [0.4, 0.5) is 0 Å². The van der Waals surface area contributed by atoms with Gasteiger partial charge in [-0.3, -0.25) is 4.68 Å². The predicted molar refractivity (Wildman–Crippen MR) is 107 cm³/mol. The normalized spacial score (nSPS) is 18.2. The second kappa shape index (κ2) is 7.12. The minimum absolute atomic E-state index is 0.0490. The van der Waals surface area contributed by atoms with Gasteiger partial charge in [0.05, 0.1) is 0 Å². The van der Waals surface area contributed by atoms with Crippen LogP contribution in [0.1, 0.15) is 36.0 Å². The molecule has 4 rings (SSSR count). The zero-order chi connectivity index (χ0) is 19.9. The van der Waals surface area contributed by atoms with Gasteiger partial charge in [0.15, 0.2) is 3.51 Å². The Morgan fingerprint density at radius 2 is 1.89 bits per heavy atom. The van der Waals surface area contributed by atoms with Crippen molar-refractivity contribution in [2.24, 2.45) is 7.05 Å². The lowest BCUT2D eigenvalue weighted by atomic mass is 10.1. The van der Waals surface area contributed by atoms with Gasteiger partial charge in [0.25, 0.3) is 5.79 Å². The zero-order valence-corrected chi connectivity index (χ0v) is 17.1. The molecule has 1 spiro atoms. The Kier molecular flexibility index (Phi) is 4.77. The quantitative estimate of drug-likeness (QED) is 0.514. The Morgan fingerprint density at radius 1 is 1.21 bits per heavy atom. The number of halogens is 1. The topological polar surface area (TPSA) is 108 Å². The fourth-order valence-electron chi connectivity index (χ4n) is 3.39. The fourth-order valence-corrected chi connectivity index (χ4v) is 5.55. The molecular weight excluding hydrogens is 479 g/mol. The SMILES string of the molecule is Cn1cc(C(=O)O)c(-c2cccc(I=C3C(=O)OC4(CCCC4)OC3=O)c2)n1. The number of aryl methyl sites for hydroxylation is 1. The van der Waals surface area contributed by atoms with Crippen molar-refractivity contribution in [3.63, 3.8) is 0 Å². The van der Waals surface area contributed by atoms with Crippen LogP contribution in [0.25, 0.3) is 11.3 Å². The molecule has 2 heterocycles. The van der Waals surface area contributed by atoms with E-state index in [1.165, 1.54) is 10.9 Å². The number of carboxylic acids is 1. The lowest BCUT2D eigenvalue weighted by molar-refractivity contribution is -0.224. The first-order valence-electron chi connectivity index (χ1n) is 8.73. The van der Waals surface area contributed by atoms with Crippen LogP contribution in [0.5, 0.6) is 0 Å². The van der Waals surface area contributed by atoms with Gasteiger partial charge < -0.3 is 14.6 Å². The van der Waals surface area contributed by atoms with Crippen molar-refractivity contribution in [2.45, 2.75) is 31.5 Å². The number of carbonyl (C=O) groups excluding carboxylic acids is 2. The summed E-state index contributed by atoms with van der Waals surface area (Å²) in [6, 6.07) is 7.06. The Morgan fingerprint density at radius 3 is 2.54 bits per heavy atom. The van der Waals surface area contributed by atoms with Crippen LogP contribution in [-0.4, -0.2) is 42.1 Å². The third-order valence-electron chi connectivity index (χ3n) is 4.64. The number of carbonyl (C=O) groups is 3. The molecule has 1 aliphatic carbocycles. The second-order valence-electron chi connectivity index (χ2n) is 6.69. The van der Waals surface area contributed by atoms with Gasteiger partial charge in [0.2, 0.25) is 0 Å². The molecule has 2 fully saturated rings. The number of hydrogen-bond acceptors (Lipinski definition) is 6. The van der Waals surface area contributed by atoms with E-state index in [9.17, 15) is 19.5 Å². The molecule has 0 unspecified atom stereocenters. The van der Waals surface area contributed by atoms with E-state index in [0.717, 1.165) is 16.4 Å². The fraction of sp³-hybridized carbons (Fsp3) is 0.316. The highest BCUT2D eigenvalue weighted by Gasteiger charge is 2.48. The monoisotopic (exact) mass is 496 g/mol. The molecule has 28 heavy (non-hydrogen) atoms. The Bertz CT molecular complexity index is 997. The van der Waals surface area contributed by atoms with Gasteiger partial charge in [0.1, 0.15) is 11.3 Å². The number of rotatable bonds is 3. The maximum atomic E-state index is 12.4. The number of ether oxygens (including phenoxy) is 2. The summed E-state index contributed by atoms with van der Waals surface area (Å²) in [6.45, 7) is 0.